The van der Waals surface area contributed by atoms with Crippen LogP contribution in [0.25, 0.3) is 0 Å². The Morgan fingerprint density at radius 1 is 1.00 bits per heavy atom. The minimum absolute atomic E-state index is 0.119. The zero-order chi connectivity index (χ0) is 21.8. The van der Waals surface area contributed by atoms with Gasteiger partial charge in [-0.3, -0.25) is 29.4 Å². The zero-order valence-electron chi connectivity index (χ0n) is 17.7. The summed E-state index contributed by atoms with van der Waals surface area (Å²) in [5.41, 5.74) is 1.73. The van der Waals surface area contributed by atoms with Gasteiger partial charge in [-0.15, -0.1) is 0 Å². The van der Waals surface area contributed by atoms with Crippen molar-refractivity contribution in [1.29, 1.82) is 0 Å². The maximum absolute atomic E-state index is 13.2. The Bertz CT molecular complexity index is 958. The molecule has 1 atom stereocenters. The van der Waals surface area contributed by atoms with Crippen LogP contribution in [0.1, 0.15) is 72.1 Å². The fourth-order valence-corrected chi connectivity index (χ4v) is 5.87. The lowest BCUT2D eigenvalue weighted by molar-refractivity contribution is -0.136. The van der Waals surface area contributed by atoms with Gasteiger partial charge in [-0.25, -0.2) is 0 Å². The third-order valence-corrected chi connectivity index (χ3v) is 7.64. The molecule has 8 heteroatoms. The molecule has 2 heterocycles. The third-order valence-electron chi connectivity index (χ3n) is 7.64. The van der Waals surface area contributed by atoms with Crippen molar-refractivity contribution in [3.05, 3.63) is 29.3 Å². The van der Waals surface area contributed by atoms with E-state index in [9.17, 15) is 19.2 Å². The van der Waals surface area contributed by atoms with E-state index < -0.39 is 23.8 Å². The van der Waals surface area contributed by atoms with Crippen LogP contribution < -0.4 is 16.0 Å². The molecule has 1 saturated heterocycles. The summed E-state index contributed by atoms with van der Waals surface area (Å²) in [5.74, 6) is -1.88. The van der Waals surface area contributed by atoms with Gasteiger partial charge in [-0.1, -0.05) is 6.07 Å². The zero-order valence-corrected chi connectivity index (χ0v) is 17.7. The molecule has 3 fully saturated rings. The average Bonchev–Trinajstić information content (AvgIpc) is 2.99. The van der Waals surface area contributed by atoms with Gasteiger partial charge < -0.3 is 10.6 Å². The van der Waals surface area contributed by atoms with Gasteiger partial charge in [0, 0.05) is 24.2 Å². The molecule has 4 aliphatic rings. The summed E-state index contributed by atoms with van der Waals surface area (Å²) < 4.78 is 0. The number of anilines is 1. The maximum Gasteiger partial charge on any atom is 0.264 e. The molecule has 5 rings (SSSR count). The van der Waals surface area contributed by atoms with Crippen molar-refractivity contribution in [3.8, 4) is 0 Å². The van der Waals surface area contributed by atoms with Gasteiger partial charge in [0.2, 0.25) is 11.8 Å². The predicted octanol–water partition coefficient (Wildman–Crippen LogP) is 1.81. The number of nitrogens with one attached hydrogen (secondary N) is 3. The van der Waals surface area contributed by atoms with E-state index in [1.807, 2.05) is 13.1 Å². The molecule has 8 nitrogen and oxygen atoms in total. The van der Waals surface area contributed by atoms with Crippen molar-refractivity contribution >= 4 is 29.3 Å². The molecular formula is C23H28N4O4. The number of hydrogen-bond acceptors (Lipinski definition) is 6. The van der Waals surface area contributed by atoms with E-state index in [1.54, 1.807) is 12.1 Å². The van der Waals surface area contributed by atoms with E-state index in [0.29, 0.717) is 28.3 Å². The van der Waals surface area contributed by atoms with Gasteiger partial charge in [-0.2, -0.15) is 0 Å². The van der Waals surface area contributed by atoms with Crippen molar-refractivity contribution in [3.63, 3.8) is 0 Å². The quantitative estimate of drug-likeness (QED) is 0.637. The first-order valence-corrected chi connectivity index (χ1v) is 11.2. The molecule has 0 radical (unpaired) electrons. The molecule has 164 valence electrons. The molecule has 4 amide bonds. The van der Waals surface area contributed by atoms with Crippen LogP contribution in [-0.4, -0.2) is 53.7 Å². The van der Waals surface area contributed by atoms with Crippen LogP contribution in [-0.2, 0) is 9.59 Å². The molecule has 1 aromatic rings. The molecule has 0 aromatic heterocycles. The molecule has 2 saturated carbocycles. The average molecular weight is 425 g/mol. The summed E-state index contributed by atoms with van der Waals surface area (Å²) in [5, 5.41) is 9.11. The van der Waals surface area contributed by atoms with Crippen molar-refractivity contribution in [2.45, 2.75) is 69.5 Å². The highest BCUT2D eigenvalue weighted by Crippen LogP contribution is 2.52. The van der Waals surface area contributed by atoms with E-state index >= 15 is 0 Å². The van der Waals surface area contributed by atoms with Gasteiger partial charge in [0.25, 0.3) is 11.8 Å². The van der Waals surface area contributed by atoms with E-state index in [2.05, 4.69) is 16.0 Å². The topological polar surface area (TPSA) is 108 Å². The highest BCUT2D eigenvalue weighted by Gasteiger charge is 2.48. The van der Waals surface area contributed by atoms with Gasteiger partial charge >= 0.3 is 0 Å². The number of benzene rings is 1. The van der Waals surface area contributed by atoms with E-state index in [4.69, 9.17) is 0 Å². The molecule has 1 aromatic carbocycles. The molecule has 31 heavy (non-hydrogen) atoms. The Balaban J connectivity index is 1.30. The molecule has 2 aliphatic heterocycles. The second-order valence-electron chi connectivity index (χ2n) is 9.49. The summed E-state index contributed by atoms with van der Waals surface area (Å²) in [6.45, 7) is 0. The molecule has 2 aliphatic carbocycles. The number of nitrogens with zero attached hydrogens (tertiary/aromatic N) is 1. The molecule has 1 spiro atoms. The van der Waals surface area contributed by atoms with Gasteiger partial charge in [-0.05, 0) is 69.5 Å². The lowest BCUT2D eigenvalue weighted by atomic mass is 9.57. The summed E-state index contributed by atoms with van der Waals surface area (Å²) >= 11 is 0. The van der Waals surface area contributed by atoms with Gasteiger partial charge in [0.15, 0.2) is 0 Å². The fourth-order valence-electron chi connectivity index (χ4n) is 5.87. The maximum atomic E-state index is 13.2. The monoisotopic (exact) mass is 424 g/mol. The van der Waals surface area contributed by atoms with Gasteiger partial charge in [0.1, 0.15) is 6.04 Å². The fraction of sp³-hybridized carbons (Fsp3) is 0.565. The number of carbonyl (C=O) groups excluding carboxylic acids is 4. The van der Waals surface area contributed by atoms with Crippen LogP contribution in [0.4, 0.5) is 5.69 Å². The number of fused-ring (bicyclic) bond motifs is 1. The smallest absolute Gasteiger partial charge is 0.264 e. The van der Waals surface area contributed by atoms with E-state index in [-0.39, 0.29) is 24.8 Å². The second kappa shape index (κ2) is 7.44. The number of carbonyl (C=O) groups is 4. The predicted molar refractivity (Wildman–Crippen MR) is 114 cm³/mol. The summed E-state index contributed by atoms with van der Waals surface area (Å²) in [6, 6.07) is 5.20. The SMILES string of the molecule is CN[C@H]1CCC2(CC1)C[C@H](Nc1cccc3c1C(=O)N(C1CCC(=O)NC1=O)C3=O)C2. The Morgan fingerprint density at radius 2 is 1.74 bits per heavy atom. The Hall–Kier alpha value is -2.74. The van der Waals surface area contributed by atoms with E-state index in [1.165, 1.54) is 25.7 Å². The molecule has 3 N–H and O–H groups in total. The number of imide groups is 2. The number of rotatable bonds is 4. The van der Waals surface area contributed by atoms with Crippen LogP contribution in [0.15, 0.2) is 18.2 Å². The lowest BCUT2D eigenvalue weighted by Gasteiger charge is -2.52. The minimum Gasteiger partial charge on any atom is -0.382 e. The van der Waals surface area contributed by atoms with Crippen LogP contribution in [0.5, 0.6) is 0 Å². The van der Waals surface area contributed by atoms with Gasteiger partial charge in [0.05, 0.1) is 11.1 Å². The number of hydrogen-bond donors (Lipinski definition) is 3. The van der Waals surface area contributed by atoms with Crippen molar-refractivity contribution in [1.82, 2.24) is 15.5 Å². The largest absolute Gasteiger partial charge is 0.382 e. The van der Waals surface area contributed by atoms with E-state index in [0.717, 1.165) is 17.7 Å². The van der Waals surface area contributed by atoms with Crippen LogP contribution in [0.2, 0.25) is 0 Å². The minimum atomic E-state index is -0.938. The Labute approximate surface area is 181 Å². The first-order chi connectivity index (χ1) is 14.9. The standard InChI is InChI=1S/C23H28N4O4/c1-24-13-7-9-23(10-8-13)11-14(12-23)25-16-4-2-3-15-19(16)22(31)27(21(15)30)17-5-6-18(28)26-20(17)29/h2-4,13-14,17,24-25H,5-12H2,1H3,(H,26,28,29)/t13-,14-,17?,23?. The van der Waals surface area contributed by atoms with Crippen molar-refractivity contribution < 1.29 is 19.2 Å². The number of amides is 4. The normalized spacial score (nSPS) is 32.7. The highest BCUT2D eigenvalue weighted by molar-refractivity contribution is 6.25. The molecule has 0 bridgehead atoms. The van der Waals surface area contributed by atoms with Crippen molar-refractivity contribution in [2.24, 2.45) is 5.41 Å². The first-order valence-electron chi connectivity index (χ1n) is 11.2. The highest BCUT2D eigenvalue weighted by atomic mass is 16.2. The Kier molecular flexibility index (Phi) is 4.84. The lowest BCUT2D eigenvalue weighted by Crippen LogP contribution is -2.54. The van der Waals surface area contributed by atoms with Crippen molar-refractivity contribution in [2.75, 3.05) is 12.4 Å². The summed E-state index contributed by atoms with van der Waals surface area (Å²) in [7, 11) is 2.03. The Morgan fingerprint density at radius 3 is 2.42 bits per heavy atom. The third kappa shape index (κ3) is 3.33. The van der Waals surface area contributed by atoms with Crippen LogP contribution in [0, 0.1) is 5.41 Å². The second-order valence-corrected chi connectivity index (χ2v) is 9.49. The first kappa shape index (κ1) is 20.2. The summed E-state index contributed by atoms with van der Waals surface area (Å²) in [4.78, 5) is 50.9. The molecule has 1 unspecified atom stereocenters. The van der Waals surface area contributed by atoms with Crippen LogP contribution >= 0.6 is 0 Å². The van der Waals surface area contributed by atoms with Crippen LogP contribution in [0.3, 0.4) is 0 Å². The molecular weight excluding hydrogens is 396 g/mol. The number of piperidine rings is 1. The summed E-state index contributed by atoms with van der Waals surface area (Å²) in [6.07, 6.45) is 7.30.